The van der Waals surface area contributed by atoms with Crippen LogP contribution in [-0.4, -0.2) is 20.7 Å². The number of nitrogens with two attached hydrogens (primary N) is 1. The van der Waals surface area contributed by atoms with E-state index in [1.54, 1.807) is 23.1 Å². The van der Waals surface area contributed by atoms with Gasteiger partial charge in [-0.3, -0.25) is 4.79 Å². The van der Waals surface area contributed by atoms with E-state index in [9.17, 15) is 9.18 Å². The second kappa shape index (κ2) is 8.96. The van der Waals surface area contributed by atoms with E-state index in [1.165, 1.54) is 23.5 Å². The van der Waals surface area contributed by atoms with E-state index in [0.717, 1.165) is 22.0 Å². The van der Waals surface area contributed by atoms with E-state index in [4.69, 9.17) is 5.73 Å². The van der Waals surface area contributed by atoms with E-state index < -0.39 is 11.2 Å². The van der Waals surface area contributed by atoms with E-state index in [1.807, 2.05) is 61.7 Å². The molecule has 5 rings (SSSR count). The normalized spacial score (nSPS) is 12.5. The van der Waals surface area contributed by atoms with Crippen molar-refractivity contribution in [1.82, 2.24) is 14.8 Å². The number of nitrogen functional groups attached to an aromatic ring is 1. The topological polar surface area (TPSA) is 85.8 Å². The number of nitrogens with zero attached hydrogens (tertiary/aromatic N) is 3. The third-order valence-electron chi connectivity index (χ3n) is 6.24. The molecular weight excluding hydrogens is 461 g/mol. The molecule has 176 valence electrons. The second-order valence-corrected chi connectivity index (χ2v) is 9.83. The Bertz CT molecular complexity index is 1500. The molecule has 0 bridgehead atoms. The van der Waals surface area contributed by atoms with Gasteiger partial charge in [-0.1, -0.05) is 50.2 Å². The molecule has 5 aromatic rings. The van der Waals surface area contributed by atoms with Gasteiger partial charge in [-0.15, -0.1) is 11.3 Å². The van der Waals surface area contributed by atoms with Crippen molar-refractivity contribution in [2.75, 3.05) is 11.1 Å². The fraction of sp³-hybridized carbons (Fsp3) is 0.148. The lowest BCUT2D eigenvalue weighted by Gasteiger charge is -2.34. The van der Waals surface area contributed by atoms with Gasteiger partial charge in [-0.05, 0) is 41.5 Å². The van der Waals surface area contributed by atoms with Gasteiger partial charge in [0, 0.05) is 22.9 Å². The van der Waals surface area contributed by atoms with Crippen LogP contribution in [0.3, 0.4) is 0 Å². The summed E-state index contributed by atoms with van der Waals surface area (Å²) in [5, 5.41) is 10.8. The number of benzene rings is 3. The predicted molar refractivity (Wildman–Crippen MR) is 138 cm³/mol. The molecule has 35 heavy (non-hydrogen) atoms. The van der Waals surface area contributed by atoms with Crippen molar-refractivity contribution in [3.8, 4) is 5.69 Å². The fourth-order valence-corrected chi connectivity index (χ4v) is 5.01. The Hall–Kier alpha value is -4.04. The lowest BCUT2D eigenvalue weighted by Crippen LogP contribution is -2.37. The van der Waals surface area contributed by atoms with Crippen LogP contribution in [-0.2, 0) is 4.79 Å². The molecule has 0 saturated carbocycles. The Morgan fingerprint density at radius 1 is 1.09 bits per heavy atom. The molecule has 0 spiro atoms. The summed E-state index contributed by atoms with van der Waals surface area (Å²) in [6.45, 7) is 3.89. The highest BCUT2D eigenvalue weighted by Gasteiger charge is 2.39. The Kier molecular flexibility index (Phi) is 5.82. The van der Waals surface area contributed by atoms with Gasteiger partial charge in [0.25, 0.3) is 0 Å². The number of carbonyl (C=O) groups excluding carboxylic acids is 1. The zero-order chi connectivity index (χ0) is 24.6. The zero-order valence-electron chi connectivity index (χ0n) is 19.3. The van der Waals surface area contributed by atoms with Crippen LogP contribution < -0.4 is 11.1 Å². The van der Waals surface area contributed by atoms with Crippen molar-refractivity contribution < 1.29 is 9.18 Å². The van der Waals surface area contributed by atoms with E-state index >= 15 is 0 Å². The number of thiazole rings is 1. The number of halogens is 1. The molecule has 8 heteroatoms. The summed E-state index contributed by atoms with van der Waals surface area (Å²) in [4.78, 5) is 17.6. The molecule has 6 nitrogen and oxygen atoms in total. The molecule has 0 fully saturated rings. The van der Waals surface area contributed by atoms with Gasteiger partial charge in [-0.2, -0.15) is 5.10 Å². The minimum absolute atomic E-state index is 0.115. The quantitative estimate of drug-likeness (QED) is 0.289. The first kappa shape index (κ1) is 22.7. The van der Waals surface area contributed by atoms with Crippen LogP contribution in [0.4, 0.5) is 15.2 Å². The number of fused-ring (bicyclic) bond motifs is 1. The lowest BCUT2D eigenvalue weighted by atomic mass is 9.70. The van der Waals surface area contributed by atoms with Crippen LogP contribution >= 0.6 is 11.3 Å². The summed E-state index contributed by atoms with van der Waals surface area (Å²) in [6.07, 6.45) is 3.42. The van der Waals surface area contributed by atoms with Gasteiger partial charge in [0.15, 0.2) is 5.13 Å². The molecule has 0 aliphatic carbocycles. The Balaban J connectivity index is 1.58. The summed E-state index contributed by atoms with van der Waals surface area (Å²) >= 11 is 1.39. The Morgan fingerprint density at radius 2 is 1.89 bits per heavy atom. The third-order valence-corrected chi connectivity index (χ3v) is 6.92. The highest BCUT2D eigenvalue weighted by atomic mass is 32.1. The number of anilines is 2. The molecule has 0 radical (unpaired) electrons. The minimum atomic E-state index is -0.794. The largest absolute Gasteiger partial charge is 0.397 e. The summed E-state index contributed by atoms with van der Waals surface area (Å²) < 4.78 is 15.3. The summed E-state index contributed by atoms with van der Waals surface area (Å²) in [7, 11) is 0. The maximum atomic E-state index is 13.6. The molecule has 3 aromatic carbocycles. The van der Waals surface area contributed by atoms with Gasteiger partial charge in [0.1, 0.15) is 5.82 Å². The third kappa shape index (κ3) is 4.28. The summed E-state index contributed by atoms with van der Waals surface area (Å²) in [6, 6.07) is 20.3. The van der Waals surface area contributed by atoms with Gasteiger partial charge in [0.2, 0.25) is 5.91 Å². The first-order valence-electron chi connectivity index (χ1n) is 11.1. The highest BCUT2D eigenvalue weighted by Crippen LogP contribution is 2.42. The number of aromatic nitrogens is 3. The van der Waals surface area contributed by atoms with Gasteiger partial charge in [0.05, 0.1) is 28.5 Å². The average molecular weight is 486 g/mol. The number of amides is 1. The molecule has 2 heterocycles. The predicted octanol–water partition coefficient (Wildman–Crippen LogP) is 6.00. The van der Waals surface area contributed by atoms with Crippen molar-refractivity contribution in [2.24, 2.45) is 5.41 Å². The van der Waals surface area contributed by atoms with Gasteiger partial charge < -0.3 is 11.1 Å². The Morgan fingerprint density at radius 3 is 2.60 bits per heavy atom. The van der Waals surface area contributed by atoms with Crippen LogP contribution in [0, 0.1) is 11.2 Å². The number of hydrogen-bond acceptors (Lipinski definition) is 5. The zero-order valence-corrected chi connectivity index (χ0v) is 20.1. The van der Waals surface area contributed by atoms with Crippen molar-refractivity contribution in [3.63, 3.8) is 0 Å². The fourth-order valence-electron chi connectivity index (χ4n) is 4.49. The number of rotatable bonds is 6. The number of nitrogens with one attached hydrogen (secondary N) is 1. The molecular formula is C27H24FN5OS. The molecule has 1 amide bonds. The maximum Gasteiger partial charge on any atom is 0.232 e. The van der Waals surface area contributed by atoms with E-state index in [-0.39, 0.29) is 11.8 Å². The molecule has 1 atom stereocenters. The van der Waals surface area contributed by atoms with Crippen molar-refractivity contribution in [1.29, 1.82) is 0 Å². The van der Waals surface area contributed by atoms with E-state index in [0.29, 0.717) is 16.5 Å². The smallest absolute Gasteiger partial charge is 0.232 e. The molecule has 0 unspecified atom stereocenters. The van der Waals surface area contributed by atoms with E-state index in [2.05, 4.69) is 21.5 Å². The molecule has 0 aliphatic rings. The molecule has 0 saturated heterocycles. The molecule has 3 N–H and O–H groups in total. The number of carbonyl (C=O) groups is 1. The SMILES string of the molecule is CC(C)(C(=O)Nc1nccs1)[C@@H](c1ccccc1)c1ccc2c(cnn2-c2ccc(F)cc2N)c1. The first-order valence-corrected chi connectivity index (χ1v) is 12.0. The lowest BCUT2D eigenvalue weighted by molar-refractivity contribution is -0.124. The highest BCUT2D eigenvalue weighted by molar-refractivity contribution is 7.13. The molecule has 0 aliphatic heterocycles. The maximum absolute atomic E-state index is 13.6. The minimum Gasteiger partial charge on any atom is -0.397 e. The number of hydrogen-bond donors (Lipinski definition) is 2. The summed E-state index contributed by atoms with van der Waals surface area (Å²) in [5.41, 5.74) is 9.02. The second-order valence-electron chi connectivity index (χ2n) is 8.93. The standard InChI is InChI=1S/C27H24FN5OS/c1-27(2,25(34)32-26-30-12-13-35-26)24(17-6-4-3-5-7-17)18-8-10-22-19(14-18)16-31-33(22)23-11-9-20(28)15-21(23)29/h3-16,24H,29H2,1-2H3,(H,30,32,34)/t24-/m0/s1. The Labute approximate surface area is 206 Å². The van der Waals surface area contributed by atoms with Crippen molar-refractivity contribution >= 4 is 39.0 Å². The first-order chi connectivity index (χ1) is 16.8. The van der Waals surface area contributed by atoms with Crippen LogP contribution in [0.15, 0.2) is 84.5 Å². The molecule has 2 aromatic heterocycles. The monoisotopic (exact) mass is 485 g/mol. The van der Waals surface area contributed by atoms with Crippen LogP contribution in [0.1, 0.15) is 30.9 Å². The average Bonchev–Trinajstić information content (AvgIpc) is 3.50. The van der Waals surface area contributed by atoms with Crippen molar-refractivity contribution in [2.45, 2.75) is 19.8 Å². The summed E-state index contributed by atoms with van der Waals surface area (Å²) in [5.74, 6) is -0.738. The van der Waals surface area contributed by atoms with Crippen LogP contribution in [0.2, 0.25) is 0 Å². The van der Waals surface area contributed by atoms with Crippen molar-refractivity contribution in [3.05, 3.63) is 101 Å². The van der Waals surface area contributed by atoms with Crippen LogP contribution in [0.25, 0.3) is 16.6 Å². The van der Waals surface area contributed by atoms with Gasteiger partial charge >= 0.3 is 0 Å². The van der Waals surface area contributed by atoms with Gasteiger partial charge in [-0.25, -0.2) is 14.1 Å². The van der Waals surface area contributed by atoms with Crippen LogP contribution in [0.5, 0.6) is 0 Å².